The molecule has 0 heterocycles. The Kier molecular flexibility index (Phi) is 6.23. The van der Waals surface area contributed by atoms with Gasteiger partial charge in [-0.05, 0) is 25.5 Å². The summed E-state index contributed by atoms with van der Waals surface area (Å²) in [4.78, 5) is 22.2. The lowest BCUT2D eigenvalue weighted by molar-refractivity contribution is -0.385. The van der Waals surface area contributed by atoms with Crippen LogP contribution >= 0.6 is 0 Å². The maximum Gasteiger partial charge on any atom is 0.349 e. The molecule has 0 radical (unpaired) electrons. The van der Waals surface area contributed by atoms with Crippen LogP contribution in [0.2, 0.25) is 0 Å². The van der Waals surface area contributed by atoms with Gasteiger partial charge in [-0.25, -0.2) is 4.79 Å². The van der Waals surface area contributed by atoms with Crippen LogP contribution in [0.15, 0.2) is 23.8 Å². The molecule has 0 aliphatic rings. The molecular formula is C15H16N2O5. The van der Waals surface area contributed by atoms with E-state index in [0.717, 1.165) is 0 Å². The lowest BCUT2D eigenvalue weighted by atomic mass is 10.1. The molecule has 0 bridgehead atoms. The molecule has 22 heavy (non-hydrogen) atoms. The van der Waals surface area contributed by atoms with Gasteiger partial charge >= 0.3 is 5.97 Å². The summed E-state index contributed by atoms with van der Waals surface area (Å²) in [6.45, 7) is 3.45. The van der Waals surface area contributed by atoms with Crippen molar-refractivity contribution in [2.24, 2.45) is 0 Å². The molecule has 0 spiro atoms. The van der Waals surface area contributed by atoms with E-state index in [4.69, 9.17) is 14.7 Å². The number of methoxy groups -OCH3 is 1. The summed E-state index contributed by atoms with van der Waals surface area (Å²) in [6.07, 6.45) is 0.760. The van der Waals surface area contributed by atoms with E-state index in [0.29, 0.717) is 11.1 Å². The van der Waals surface area contributed by atoms with Crippen molar-refractivity contribution in [3.8, 4) is 6.07 Å². The first-order valence-electron chi connectivity index (χ1n) is 6.45. The molecule has 0 unspecified atom stereocenters. The van der Waals surface area contributed by atoms with Crippen LogP contribution in [0.5, 0.6) is 0 Å². The van der Waals surface area contributed by atoms with Crippen molar-refractivity contribution < 1.29 is 19.2 Å². The van der Waals surface area contributed by atoms with Gasteiger partial charge in [0.2, 0.25) is 0 Å². The van der Waals surface area contributed by atoms with Gasteiger partial charge in [-0.2, -0.15) is 5.26 Å². The monoisotopic (exact) mass is 304 g/mol. The minimum absolute atomic E-state index is 0.0767. The molecule has 1 aromatic carbocycles. The molecule has 1 aromatic rings. The quantitative estimate of drug-likeness (QED) is 0.263. The van der Waals surface area contributed by atoms with Crippen LogP contribution in [0.3, 0.4) is 0 Å². The van der Waals surface area contributed by atoms with Crippen molar-refractivity contribution in [1.82, 2.24) is 0 Å². The van der Waals surface area contributed by atoms with E-state index in [1.165, 1.54) is 19.3 Å². The van der Waals surface area contributed by atoms with Gasteiger partial charge in [0, 0.05) is 18.7 Å². The molecule has 1 rings (SSSR count). The SMILES string of the molecule is COC[C@H](C)OC(=O)/C(C#N)=C/c1ccc(C)c([N+](=O)[O-])c1. The smallest absolute Gasteiger partial charge is 0.349 e. The zero-order valence-corrected chi connectivity index (χ0v) is 12.5. The van der Waals surface area contributed by atoms with Gasteiger partial charge < -0.3 is 9.47 Å². The Bertz CT molecular complexity index is 646. The lowest BCUT2D eigenvalue weighted by Gasteiger charge is -2.11. The van der Waals surface area contributed by atoms with E-state index in [2.05, 4.69) is 0 Å². The normalized spacial score (nSPS) is 12.4. The Morgan fingerprint density at radius 3 is 2.77 bits per heavy atom. The third-order valence-electron chi connectivity index (χ3n) is 2.79. The number of aryl methyl sites for hydroxylation is 1. The fourth-order valence-corrected chi connectivity index (χ4v) is 1.73. The topological polar surface area (TPSA) is 102 Å². The van der Waals surface area contributed by atoms with Gasteiger partial charge in [0.25, 0.3) is 5.69 Å². The number of rotatable bonds is 6. The number of benzene rings is 1. The molecular weight excluding hydrogens is 288 g/mol. The van der Waals surface area contributed by atoms with E-state index in [9.17, 15) is 14.9 Å². The van der Waals surface area contributed by atoms with Gasteiger partial charge in [0.1, 0.15) is 17.7 Å². The summed E-state index contributed by atoms with van der Waals surface area (Å²) in [5.74, 6) is -0.796. The molecule has 0 saturated heterocycles. The molecule has 7 nitrogen and oxygen atoms in total. The first kappa shape index (κ1) is 17.3. The Labute approximate surface area is 127 Å². The Morgan fingerprint density at radius 2 is 2.23 bits per heavy atom. The third kappa shape index (κ3) is 4.68. The highest BCUT2D eigenvalue weighted by atomic mass is 16.6. The van der Waals surface area contributed by atoms with Crippen molar-refractivity contribution in [2.45, 2.75) is 20.0 Å². The maximum absolute atomic E-state index is 11.8. The second-order valence-electron chi connectivity index (χ2n) is 4.64. The Balaban J connectivity index is 3.03. The molecule has 7 heteroatoms. The van der Waals surface area contributed by atoms with Gasteiger partial charge in [-0.1, -0.05) is 12.1 Å². The van der Waals surface area contributed by atoms with Crippen molar-refractivity contribution in [1.29, 1.82) is 5.26 Å². The Morgan fingerprint density at radius 1 is 1.55 bits per heavy atom. The van der Waals surface area contributed by atoms with Gasteiger partial charge in [0.15, 0.2) is 0 Å². The average Bonchev–Trinajstić information content (AvgIpc) is 2.45. The molecule has 116 valence electrons. The number of nitrogens with zero attached hydrogens (tertiary/aromatic N) is 2. The number of hydrogen-bond donors (Lipinski definition) is 0. The third-order valence-corrected chi connectivity index (χ3v) is 2.79. The standard InChI is InChI=1S/C15H16N2O5/c1-10-4-5-12(7-14(10)17(19)20)6-13(8-16)15(18)22-11(2)9-21-3/h4-7,11H,9H2,1-3H3/b13-6+/t11-/m0/s1. The molecule has 0 aliphatic carbocycles. The highest BCUT2D eigenvalue weighted by Crippen LogP contribution is 2.21. The largest absolute Gasteiger partial charge is 0.456 e. The van der Waals surface area contributed by atoms with Crippen LogP contribution in [0.1, 0.15) is 18.1 Å². The molecule has 0 N–H and O–H groups in total. The van der Waals surface area contributed by atoms with Gasteiger partial charge in [-0.3, -0.25) is 10.1 Å². The van der Waals surface area contributed by atoms with Crippen molar-refractivity contribution in [3.05, 3.63) is 45.0 Å². The fourth-order valence-electron chi connectivity index (χ4n) is 1.73. The number of nitro groups is 1. The zero-order chi connectivity index (χ0) is 16.7. The first-order valence-corrected chi connectivity index (χ1v) is 6.45. The minimum atomic E-state index is -0.796. The number of hydrogen-bond acceptors (Lipinski definition) is 6. The second kappa shape index (κ2) is 7.90. The number of carbonyl (C=O) groups is 1. The van der Waals surface area contributed by atoms with E-state index in [-0.39, 0.29) is 17.9 Å². The molecule has 0 amide bonds. The first-order chi connectivity index (χ1) is 10.4. The highest BCUT2D eigenvalue weighted by Gasteiger charge is 2.16. The van der Waals surface area contributed by atoms with Gasteiger partial charge in [-0.15, -0.1) is 0 Å². The van der Waals surface area contributed by atoms with Gasteiger partial charge in [0.05, 0.1) is 11.5 Å². The fraction of sp³-hybridized carbons (Fsp3) is 0.333. The number of ether oxygens (including phenoxy) is 2. The van der Waals surface area contributed by atoms with Crippen molar-refractivity contribution in [3.63, 3.8) is 0 Å². The van der Waals surface area contributed by atoms with Crippen LogP contribution < -0.4 is 0 Å². The van der Waals surface area contributed by atoms with Crippen molar-refractivity contribution >= 4 is 17.7 Å². The van der Waals surface area contributed by atoms with Crippen LogP contribution in [0.25, 0.3) is 6.08 Å². The average molecular weight is 304 g/mol. The number of esters is 1. The van der Waals surface area contributed by atoms with Crippen LogP contribution in [0, 0.1) is 28.4 Å². The summed E-state index contributed by atoms with van der Waals surface area (Å²) in [5, 5.41) is 19.9. The summed E-state index contributed by atoms with van der Waals surface area (Å²) in [6, 6.07) is 6.18. The summed E-state index contributed by atoms with van der Waals surface area (Å²) < 4.78 is 9.87. The highest BCUT2D eigenvalue weighted by molar-refractivity contribution is 5.98. The number of nitriles is 1. The lowest BCUT2D eigenvalue weighted by Crippen LogP contribution is -2.20. The summed E-state index contributed by atoms with van der Waals surface area (Å²) >= 11 is 0. The van der Waals surface area contributed by atoms with Crippen LogP contribution in [-0.2, 0) is 14.3 Å². The predicted molar refractivity (Wildman–Crippen MR) is 78.9 cm³/mol. The second-order valence-corrected chi connectivity index (χ2v) is 4.64. The predicted octanol–water partition coefficient (Wildman–Crippen LogP) is 2.39. The van der Waals surface area contributed by atoms with E-state index in [1.54, 1.807) is 32.0 Å². The van der Waals surface area contributed by atoms with Crippen LogP contribution in [-0.4, -0.2) is 30.7 Å². The Hall–Kier alpha value is -2.72. The van der Waals surface area contributed by atoms with E-state index >= 15 is 0 Å². The summed E-state index contributed by atoms with van der Waals surface area (Å²) in [7, 11) is 1.47. The van der Waals surface area contributed by atoms with Crippen molar-refractivity contribution in [2.75, 3.05) is 13.7 Å². The maximum atomic E-state index is 11.8. The summed E-state index contributed by atoms with van der Waals surface area (Å²) in [5.41, 5.74) is 0.565. The number of carbonyl (C=O) groups excluding carboxylic acids is 1. The molecule has 1 atom stereocenters. The molecule has 0 saturated carbocycles. The van der Waals surface area contributed by atoms with Crippen LogP contribution in [0.4, 0.5) is 5.69 Å². The minimum Gasteiger partial charge on any atom is -0.456 e. The molecule has 0 aromatic heterocycles. The molecule has 0 fully saturated rings. The van der Waals surface area contributed by atoms with E-state index in [1.807, 2.05) is 0 Å². The zero-order valence-electron chi connectivity index (χ0n) is 12.5. The van der Waals surface area contributed by atoms with E-state index < -0.39 is 17.0 Å². The number of nitro benzene ring substituents is 1. The molecule has 0 aliphatic heterocycles.